The minimum Gasteiger partial charge on any atom is -0.478 e. The van der Waals surface area contributed by atoms with Crippen molar-refractivity contribution in [3.05, 3.63) is 67.8 Å². The monoisotopic (exact) mass is 378 g/mol. The molecular weight excluding hydrogens is 364 g/mol. The molecule has 12 heteroatoms. The molecule has 142 valence electrons. The highest BCUT2D eigenvalue weighted by Crippen LogP contribution is 2.21. The summed E-state index contributed by atoms with van der Waals surface area (Å²) in [7, 11) is 1.55. The molecule has 2 aromatic carbocycles. The molecule has 0 spiro atoms. The van der Waals surface area contributed by atoms with Crippen LogP contribution in [0.5, 0.6) is 0 Å². The maximum absolute atomic E-state index is 10.7. The minimum absolute atomic E-state index is 0.110. The van der Waals surface area contributed by atoms with Crippen molar-refractivity contribution in [2.75, 3.05) is 18.1 Å². The fourth-order valence-electron chi connectivity index (χ4n) is 1.90. The first-order chi connectivity index (χ1) is 12.6. The highest BCUT2D eigenvalue weighted by Gasteiger charge is 2.15. The van der Waals surface area contributed by atoms with E-state index in [1.54, 1.807) is 7.05 Å². The first-order valence-electron chi connectivity index (χ1n) is 7.05. The Balaban J connectivity index is 0.000000271. The third kappa shape index (κ3) is 5.38. The van der Waals surface area contributed by atoms with Crippen molar-refractivity contribution in [3.8, 4) is 0 Å². The molecule has 0 aliphatic carbocycles. The minimum atomic E-state index is -1.20. The molecule has 5 N–H and O–H groups in total. The van der Waals surface area contributed by atoms with Crippen LogP contribution >= 0.6 is 0 Å². The van der Waals surface area contributed by atoms with Crippen molar-refractivity contribution in [1.82, 2.24) is 0 Å². The molecule has 2 rings (SSSR count). The van der Waals surface area contributed by atoms with Crippen molar-refractivity contribution >= 4 is 34.7 Å². The quantitative estimate of drug-likeness (QED) is 0.339. The van der Waals surface area contributed by atoms with Gasteiger partial charge in [-0.1, -0.05) is 0 Å². The summed E-state index contributed by atoms with van der Waals surface area (Å²) >= 11 is 0. The lowest BCUT2D eigenvalue weighted by molar-refractivity contribution is -0.385. The Kier molecular flexibility index (Phi) is 6.75. The van der Waals surface area contributed by atoms with E-state index < -0.39 is 21.8 Å². The summed E-state index contributed by atoms with van der Waals surface area (Å²) in [4.78, 5) is 40.5. The Morgan fingerprint density at radius 2 is 1.41 bits per heavy atom. The molecule has 0 fully saturated rings. The van der Waals surface area contributed by atoms with Gasteiger partial charge in [-0.25, -0.2) is 9.59 Å². The van der Waals surface area contributed by atoms with Gasteiger partial charge in [0.1, 0.15) is 0 Å². The second-order valence-electron chi connectivity index (χ2n) is 4.88. The van der Waals surface area contributed by atoms with Crippen LogP contribution in [0.25, 0.3) is 0 Å². The number of nitrogens with one attached hydrogen (secondary N) is 1. The van der Waals surface area contributed by atoms with Crippen LogP contribution in [0.2, 0.25) is 0 Å². The van der Waals surface area contributed by atoms with E-state index in [-0.39, 0.29) is 28.2 Å². The number of carboxylic acids is 2. The van der Waals surface area contributed by atoms with E-state index in [1.165, 1.54) is 12.1 Å². The Labute approximate surface area is 151 Å². The average Bonchev–Trinajstić information content (AvgIpc) is 2.60. The SMILES string of the molecule is CNc1ccc([N+](=O)[O-])cc1C(=O)O.Nc1cc([N+](=O)[O-])ccc1C(=O)O. The first-order valence-corrected chi connectivity index (χ1v) is 7.05. The molecule has 0 aliphatic heterocycles. The van der Waals surface area contributed by atoms with Crippen molar-refractivity contribution in [3.63, 3.8) is 0 Å². The summed E-state index contributed by atoms with van der Waals surface area (Å²) in [5, 5.41) is 40.5. The summed E-state index contributed by atoms with van der Waals surface area (Å²) in [5.74, 6) is -2.40. The second-order valence-corrected chi connectivity index (χ2v) is 4.88. The lowest BCUT2D eigenvalue weighted by Crippen LogP contribution is -2.03. The Morgan fingerprint density at radius 1 is 0.926 bits per heavy atom. The van der Waals surface area contributed by atoms with E-state index in [2.05, 4.69) is 5.32 Å². The van der Waals surface area contributed by atoms with Gasteiger partial charge in [-0.2, -0.15) is 0 Å². The number of nitro groups is 2. The highest BCUT2D eigenvalue weighted by molar-refractivity contribution is 5.95. The molecule has 2 aromatic rings. The lowest BCUT2D eigenvalue weighted by Gasteiger charge is -2.03. The fraction of sp³-hybridized carbons (Fsp3) is 0.0667. The zero-order valence-corrected chi connectivity index (χ0v) is 13.8. The molecule has 12 nitrogen and oxygen atoms in total. The second kappa shape index (κ2) is 8.75. The van der Waals surface area contributed by atoms with Crippen LogP contribution in [-0.4, -0.2) is 39.0 Å². The van der Waals surface area contributed by atoms with Crippen molar-refractivity contribution in [2.24, 2.45) is 0 Å². The van der Waals surface area contributed by atoms with E-state index in [0.29, 0.717) is 5.69 Å². The van der Waals surface area contributed by atoms with Gasteiger partial charge in [0.2, 0.25) is 0 Å². The van der Waals surface area contributed by atoms with Crippen molar-refractivity contribution < 1.29 is 29.6 Å². The number of nitrogen functional groups attached to an aromatic ring is 1. The number of carbonyl (C=O) groups is 2. The van der Waals surface area contributed by atoms with Gasteiger partial charge in [0.15, 0.2) is 0 Å². The van der Waals surface area contributed by atoms with Gasteiger partial charge in [-0.15, -0.1) is 0 Å². The summed E-state index contributed by atoms with van der Waals surface area (Å²) in [6, 6.07) is 6.85. The number of aromatic carboxylic acids is 2. The van der Waals surface area contributed by atoms with Crippen LogP contribution in [0.1, 0.15) is 20.7 Å². The zero-order valence-electron chi connectivity index (χ0n) is 13.8. The topological polar surface area (TPSA) is 199 Å². The zero-order chi connectivity index (χ0) is 20.7. The van der Waals surface area contributed by atoms with Crippen molar-refractivity contribution in [2.45, 2.75) is 0 Å². The van der Waals surface area contributed by atoms with Crippen LogP contribution in [0.15, 0.2) is 36.4 Å². The van der Waals surface area contributed by atoms with Crippen LogP contribution in [0.3, 0.4) is 0 Å². The number of carboxylic acid groups (broad SMARTS) is 2. The molecule has 0 atom stereocenters. The Hall–Kier alpha value is -4.22. The number of non-ortho nitro benzene ring substituents is 2. The maximum atomic E-state index is 10.7. The van der Waals surface area contributed by atoms with Gasteiger partial charge in [0.05, 0.1) is 26.7 Å². The molecule has 0 unspecified atom stereocenters. The summed E-state index contributed by atoms with van der Waals surface area (Å²) in [6.07, 6.45) is 0. The maximum Gasteiger partial charge on any atom is 0.338 e. The van der Waals surface area contributed by atoms with Gasteiger partial charge < -0.3 is 21.3 Å². The van der Waals surface area contributed by atoms with E-state index in [0.717, 1.165) is 24.3 Å². The third-order valence-electron chi connectivity index (χ3n) is 3.19. The smallest absolute Gasteiger partial charge is 0.338 e. The van der Waals surface area contributed by atoms with E-state index in [4.69, 9.17) is 15.9 Å². The molecule has 0 amide bonds. The van der Waals surface area contributed by atoms with E-state index in [1.807, 2.05) is 0 Å². The highest BCUT2D eigenvalue weighted by atomic mass is 16.6. The van der Waals surface area contributed by atoms with Gasteiger partial charge >= 0.3 is 11.9 Å². The van der Waals surface area contributed by atoms with Gasteiger partial charge in [0.25, 0.3) is 11.4 Å². The lowest BCUT2D eigenvalue weighted by atomic mass is 10.1. The number of nitrogens with two attached hydrogens (primary N) is 1. The molecule has 0 aliphatic rings. The number of hydrogen-bond acceptors (Lipinski definition) is 8. The normalized spacial score (nSPS) is 9.52. The summed E-state index contributed by atoms with van der Waals surface area (Å²) in [6.45, 7) is 0. The fourth-order valence-corrected chi connectivity index (χ4v) is 1.90. The predicted octanol–water partition coefficient (Wildman–Crippen LogP) is 2.21. The predicted molar refractivity (Wildman–Crippen MR) is 94.1 cm³/mol. The molecular formula is C15H14N4O8. The van der Waals surface area contributed by atoms with Gasteiger partial charge in [-0.05, 0) is 12.1 Å². The van der Waals surface area contributed by atoms with Crippen LogP contribution in [-0.2, 0) is 0 Å². The van der Waals surface area contributed by atoms with E-state index >= 15 is 0 Å². The molecule has 0 aromatic heterocycles. The molecule has 27 heavy (non-hydrogen) atoms. The van der Waals surface area contributed by atoms with Crippen molar-refractivity contribution in [1.29, 1.82) is 0 Å². The largest absolute Gasteiger partial charge is 0.478 e. The summed E-state index contributed by atoms with van der Waals surface area (Å²) < 4.78 is 0. The van der Waals surface area contributed by atoms with Crippen LogP contribution < -0.4 is 11.1 Å². The van der Waals surface area contributed by atoms with E-state index in [9.17, 15) is 29.8 Å². The number of nitrogens with zero attached hydrogens (tertiary/aromatic N) is 2. The Morgan fingerprint density at radius 3 is 1.81 bits per heavy atom. The number of nitro benzene ring substituents is 2. The number of hydrogen-bond donors (Lipinski definition) is 4. The first kappa shape index (κ1) is 20.8. The van der Waals surface area contributed by atoms with Crippen LogP contribution in [0.4, 0.5) is 22.7 Å². The molecule has 0 radical (unpaired) electrons. The summed E-state index contributed by atoms with van der Waals surface area (Å²) in [5.41, 5.74) is 4.82. The number of rotatable bonds is 5. The molecule has 0 saturated carbocycles. The average molecular weight is 378 g/mol. The third-order valence-corrected chi connectivity index (χ3v) is 3.19. The molecule has 0 heterocycles. The van der Waals surface area contributed by atoms with Gasteiger partial charge in [-0.3, -0.25) is 20.2 Å². The number of anilines is 2. The van der Waals surface area contributed by atoms with Crippen LogP contribution in [0, 0.1) is 20.2 Å². The standard InChI is InChI=1S/C8H8N2O4.C7H6N2O4/c1-9-7-3-2-5(10(13)14)4-6(7)8(11)12;8-6-3-4(9(12)13)1-2-5(6)7(10)11/h2-4,9H,1H3,(H,11,12);1-3H,8H2,(H,10,11). The Bertz CT molecular complexity index is 913. The van der Waals surface area contributed by atoms with Gasteiger partial charge in [0, 0.05) is 37.0 Å². The molecule has 0 bridgehead atoms. The molecule has 0 saturated heterocycles. The number of benzene rings is 2.